The van der Waals surface area contributed by atoms with Crippen LogP contribution in [0.15, 0.2) is 35.9 Å². The molecule has 3 N–H and O–H groups in total. The third-order valence-electron chi connectivity index (χ3n) is 2.07. The van der Waals surface area contributed by atoms with Crippen LogP contribution in [0.1, 0.15) is 18.9 Å². The molecule has 1 aromatic carbocycles. The van der Waals surface area contributed by atoms with E-state index in [-0.39, 0.29) is 0 Å². The standard InChI is InChI=1S/C12H15NO2/c1-9(8-11(13)12(14)15)7-10-5-3-2-4-6-10/h2-7,11H,8,13H2,1H3,(H,14,15)/b9-7+. The summed E-state index contributed by atoms with van der Waals surface area (Å²) in [5.74, 6) is -0.962. The Morgan fingerprint density at radius 2 is 2.07 bits per heavy atom. The highest BCUT2D eigenvalue weighted by molar-refractivity contribution is 5.73. The van der Waals surface area contributed by atoms with Crippen LogP contribution in [0, 0.1) is 0 Å². The van der Waals surface area contributed by atoms with Gasteiger partial charge in [0.2, 0.25) is 0 Å². The van der Waals surface area contributed by atoms with E-state index >= 15 is 0 Å². The molecule has 15 heavy (non-hydrogen) atoms. The molecule has 3 nitrogen and oxygen atoms in total. The molecule has 3 heteroatoms. The molecule has 0 fully saturated rings. The normalized spacial score (nSPS) is 13.6. The Hall–Kier alpha value is -1.61. The second-order valence-corrected chi connectivity index (χ2v) is 3.55. The molecule has 0 aliphatic rings. The Balaban J connectivity index is 2.65. The van der Waals surface area contributed by atoms with Crippen LogP contribution in [0.25, 0.3) is 6.08 Å². The Bertz CT molecular complexity index is 357. The molecule has 0 aliphatic carbocycles. The van der Waals surface area contributed by atoms with Crippen molar-refractivity contribution in [3.8, 4) is 0 Å². The van der Waals surface area contributed by atoms with E-state index in [4.69, 9.17) is 10.8 Å². The molecule has 0 aromatic heterocycles. The second-order valence-electron chi connectivity index (χ2n) is 3.55. The zero-order valence-corrected chi connectivity index (χ0v) is 8.68. The smallest absolute Gasteiger partial charge is 0.320 e. The quantitative estimate of drug-likeness (QED) is 0.789. The summed E-state index contributed by atoms with van der Waals surface area (Å²) in [6.07, 6.45) is 2.33. The first-order chi connectivity index (χ1) is 7.09. The summed E-state index contributed by atoms with van der Waals surface area (Å²) < 4.78 is 0. The average Bonchev–Trinajstić information content (AvgIpc) is 2.18. The van der Waals surface area contributed by atoms with Crippen LogP contribution >= 0.6 is 0 Å². The van der Waals surface area contributed by atoms with Crippen LogP contribution in [-0.2, 0) is 4.79 Å². The van der Waals surface area contributed by atoms with Crippen molar-refractivity contribution in [1.82, 2.24) is 0 Å². The van der Waals surface area contributed by atoms with Crippen molar-refractivity contribution in [1.29, 1.82) is 0 Å². The zero-order valence-electron chi connectivity index (χ0n) is 8.68. The van der Waals surface area contributed by atoms with E-state index in [1.807, 2.05) is 43.3 Å². The van der Waals surface area contributed by atoms with Gasteiger partial charge in [-0.25, -0.2) is 0 Å². The first-order valence-electron chi connectivity index (χ1n) is 4.80. The van der Waals surface area contributed by atoms with Crippen molar-refractivity contribution in [2.24, 2.45) is 5.73 Å². The molecule has 1 rings (SSSR count). The summed E-state index contributed by atoms with van der Waals surface area (Å²) in [6.45, 7) is 1.88. The Labute approximate surface area is 89.2 Å². The molecule has 0 heterocycles. The lowest BCUT2D eigenvalue weighted by Gasteiger charge is -2.06. The lowest BCUT2D eigenvalue weighted by atomic mass is 10.1. The largest absolute Gasteiger partial charge is 0.480 e. The third-order valence-corrected chi connectivity index (χ3v) is 2.07. The fourth-order valence-corrected chi connectivity index (χ4v) is 1.33. The van der Waals surface area contributed by atoms with Crippen molar-refractivity contribution < 1.29 is 9.90 Å². The topological polar surface area (TPSA) is 63.3 Å². The number of rotatable bonds is 4. The maximum Gasteiger partial charge on any atom is 0.320 e. The summed E-state index contributed by atoms with van der Waals surface area (Å²) in [5.41, 5.74) is 7.46. The summed E-state index contributed by atoms with van der Waals surface area (Å²) >= 11 is 0. The maximum absolute atomic E-state index is 10.5. The monoisotopic (exact) mass is 205 g/mol. The molecule has 0 aliphatic heterocycles. The van der Waals surface area contributed by atoms with Crippen LogP contribution < -0.4 is 5.73 Å². The van der Waals surface area contributed by atoms with E-state index in [9.17, 15) is 4.79 Å². The summed E-state index contributed by atoms with van der Waals surface area (Å²) in [5, 5.41) is 8.64. The van der Waals surface area contributed by atoms with E-state index in [2.05, 4.69) is 0 Å². The van der Waals surface area contributed by atoms with Crippen molar-refractivity contribution >= 4 is 12.0 Å². The number of hydrogen-bond acceptors (Lipinski definition) is 2. The maximum atomic E-state index is 10.5. The molecule has 1 unspecified atom stereocenters. The van der Waals surface area contributed by atoms with E-state index in [1.165, 1.54) is 0 Å². The molecule has 0 bridgehead atoms. The molecular formula is C12H15NO2. The van der Waals surface area contributed by atoms with Crippen molar-refractivity contribution in [3.63, 3.8) is 0 Å². The highest BCUT2D eigenvalue weighted by Crippen LogP contribution is 2.10. The number of carboxylic acid groups (broad SMARTS) is 1. The summed E-state index contributed by atoms with van der Waals surface area (Å²) in [7, 11) is 0. The molecule has 80 valence electrons. The van der Waals surface area contributed by atoms with E-state index in [0.29, 0.717) is 6.42 Å². The van der Waals surface area contributed by atoms with Gasteiger partial charge in [-0.05, 0) is 18.9 Å². The van der Waals surface area contributed by atoms with Gasteiger partial charge >= 0.3 is 5.97 Å². The minimum atomic E-state index is -0.962. The number of benzene rings is 1. The molecular weight excluding hydrogens is 190 g/mol. The number of aliphatic carboxylic acids is 1. The Morgan fingerprint density at radius 3 is 2.60 bits per heavy atom. The molecule has 0 spiro atoms. The first kappa shape index (κ1) is 11.5. The first-order valence-corrected chi connectivity index (χ1v) is 4.80. The van der Waals surface area contributed by atoms with Gasteiger partial charge in [-0.1, -0.05) is 42.0 Å². The molecule has 0 amide bonds. The minimum absolute atomic E-state index is 0.379. The van der Waals surface area contributed by atoms with Crippen LogP contribution in [0.4, 0.5) is 0 Å². The van der Waals surface area contributed by atoms with Gasteiger partial charge < -0.3 is 10.8 Å². The highest BCUT2D eigenvalue weighted by atomic mass is 16.4. The van der Waals surface area contributed by atoms with Gasteiger partial charge in [0.15, 0.2) is 0 Å². The number of nitrogens with two attached hydrogens (primary N) is 1. The zero-order chi connectivity index (χ0) is 11.3. The fraction of sp³-hybridized carbons (Fsp3) is 0.250. The molecule has 1 atom stereocenters. The van der Waals surface area contributed by atoms with Gasteiger partial charge in [0.25, 0.3) is 0 Å². The predicted octanol–water partition coefficient (Wildman–Crippen LogP) is 1.89. The lowest BCUT2D eigenvalue weighted by Crippen LogP contribution is -2.30. The van der Waals surface area contributed by atoms with Gasteiger partial charge in [0.1, 0.15) is 6.04 Å². The second kappa shape index (κ2) is 5.32. The molecule has 1 aromatic rings. The Kier molecular flexibility index (Phi) is 4.06. The number of hydrogen-bond donors (Lipinski definition) is 2. The average molecular weight is 205 g/mol. The van der Waals surface area contributed by atoms with Crippen molar-refractivity contribution in [3.05, 3.63) is 41.5 Å². The van der Waals surface area contributed by atoms with E-state index in [0.717, 1.165) is 11.1 Å². The highest BCUT2D eigenvalue weighted by Gasteiger charge is 2.11. The summed E-state index contributed by atoms with van der Waals surface area (Å²) in [4.78, 5) is 10.5. The van der Waals surface area contributed by atoms with Crippen molar-refractivity contribution in [2.75, 3.05) is 0 Å². The number of carbonyl (C=O) groups is 1. The molecule has 0 saturated heterocycles. The fourth-order valence-electron chi connectivity index (χ4n) is 1.33. The van der Waals surface area contributed by atoms with Crippen LogP contribution in [0.2, 0.25) is 0 Å². The SMILES string of the molecule is C/C(=C\c1ccccc1)CC(N)C(=O)O. The third kappa shape index (κ3) is 3.95. The predicted molar refractivity (Wildman–Crippen MR) is 60.3 cm³/mol. The van der Waals surface area contributed by atoms with Gasteiger partial charge in [-0.2, -0.15) is 0 Å². The van der Waals surface area contributed by atoms with Crippen LogP contribution in [-0.4, -0.2) is 17.1 Å². The van der Waals surface area contributed by atoms with E-state index < -0.39 is 12.0 Å². The van der Waals surface area contributed by atoms with Gasteiger partial charge in [0.05, 0.1) is 0 Å². The minimum Gasteiger partial charge on any atom is -0.480 e. The lowest BCUT2D eigenvalue weighted by molar-refractivity contribution is -0.138. The van der Waals surface area contributed by atoms with Gasteiger partial charge in [-0.15, -0.1) is 0 Å². The molecule has 0 radical (unpaired) electrons. The van der Waals surface area contributed by atoms with Gasteiger partial charge in [-0.3, -0.25) is 4.79 Å². The Morgan fingerprint density at radius 1 is 1.47 bits per heavy atom. The van der Waals surface area contributed by atoms with Crippen LogP contribution in [0.5, 0.6) is 0 Å². The van der Waals surface area contributed by atoms with Crippen LogP contribution in [0.3, 0.4) is 0 Å². The van der Waals surface area contributed by atoms with Crippen molar-refractivity contribution in [2.45, 2.75) is 19.4 Å². The van der Waals surface area contributed by atoms with Gasteiger partial charge in [0, 0.05) is 0 Å². The van der Waals surface area contributed by atoms with E-state index in [1.54, 1.807) is 0 Å². The molecule has 0 saturated carbocycles. The summed E-state index contributed by atoms with van der Waals surface area (Å²) in [6, 6.07) is 8.94. The number of carboxylic acids is 1.